The van der Waals surface area contributed by atoms with Crippen LogP contribution < -0.4 is 10.5 Å². The van der Waals surface area contributed by atoms with E-state index < -0.39 is 0 Å². The predicted molar refractivity (Wildman–Crippen MR) is 68.1 cm³/mol. The summed E-state index contributed by atoms with van der Waals surface area (Å²) in [6.07, 6.45) is 1.66. The molecule has 0 aliphatic rings. The number of methoxy groups -OCH3 is 1. The zero-order chi connectivity index (χ0) is 12.8. The molecule has 0 aliphatic carbocycles. The molecule has 2 aromatic rings. The molecule has 0 bridgehead atoms. The molecule has 4 nitrogen and oxygen atoms in total. The summed E-state index contributed by atoms with van der Waals surface area (Å²) in [5.74, 6) is 1.64. The summed E-state index contributed by atoms with van der Waals surface area (Å²) in [7, 11) is 1.65. The summed E-state index contributed by atoms with van der Waals surface area (Å²) < 4.78 is 16.0. The van der Waals surface area contributed by atoms with Gasteiger partial charge in [-0.3, -0.25) is 0 Å². The lowest BCUT2D eigenvalue weighted by Gasteiger charge is -2.04. The molecule has 0 saturated heterocycles. The second-order valence-electron chi connectivity index (χ2n) is 3.97. The van der Waals surface area contributed by atoms with Gasteiger partial charge in [-0.2, -0.15) is 0 Å². The number of rotatable bonds is 6. The zero-order valence-electron chi connectivity index (χ0n) is 10.4. The third-order valence-corrected chi connectivity index (χ3v) is 2.62. The minimum absolute atomic E-state index is 0.450. The maximum atomic E-state index is 5.56. The van der Waals surface area contributed by atoms with Gasteiger partial charge < -0.3 is 19.6 Å². The molecule has 2 N–H and O–H groups in total. The van der Waals surface area contributed by atoms with E-state index in [4.69, 9.17) is 19.6 Å². The van der Waals surface area contributed by atoms with Crippen LogP contribution in [0.5, 0.6) is 5.75 Å². The first kappa shape index (κ1) is 12.7. The standard InChI is InChI=1S/C14H17NO3/c1-16-13-4-2-11(3-5-13)8-17-10-14-6-12(7-15)9-18-14/h2-6,9H,7-8,10,15H2,1H3. The molecule has 0 spiro atoms. The van der Waals surface area contributed by atoms with Gasteiger partial charge in [0.1, 0.15) is 18.1 Å². The Morgan fingerprint density at radius 2 is 1.89 bits per heavy atom. The molecule has 2 rings (SSSR count). The summed E-state index contributed by atoms with van der Waals surface area (Å²) in [4.78, 5) is 0. The van der Waals surface area contributed by atoms with E-state index in [1.807, 2.05) is 30.3 Å². The maximum absolute atomic E-state index is 5.56. The van der Waals surface area contributed by atoms with Gasteiger partial charge in [0, 0.05) is 12.1 Å². The van der Waals surface area contributed by atoms with Crippen molar-refractivity contribution in [2.24, 2.45) is 5.73 Å². The number of ether oxygens (including phenoxy) is 2. The van der Waals surface area contributed by atoms with Crippen LogP contribution in [0.15, 0.2) is 41.0 Å². The topological polar surface area (TPSA) is 57.6 Å². The number of hydrogen-bond acceptors (Lipinski definition) is 4. The van der Waals surface area contributed by atoms with Crippen LogP contribution in [0.2, 0.25) is 0 Å². The molecule has 0 saturated carbocycles. The highest BCUT2D eigenvalue weighted by molar-refractivity contribution is 5.26. The SMILES string of the molecule is COc1ccc(COCc2cc(CN)co2)cc1. The van der Waals surface area contributed by atoms with Gasteiger partial charge in [-0.05, 0) is 23.8 Å². The maximum Gasteiger partial charge on any atom is 0.129 e. The Kier molecular flexibility index (Phi) is 4.39. The molecule has 0 amide bonds. The first-order chi connectivity index (χ1) is 8.81. The van der Waals surface area contributed by atoms with Crippen molar-refractivity contribution in [3.05, 3.63) is 53.5 Å². The molecule has 1 aromatic carbocycles. The van der Waals surface area contributed by atoms with Gasteiger partial charge >= 0.3 is 0 Å². The minimum atomic E-state index is 0.450. The Labute approximate surface area is 106 Å². The quantitative estimate of drug-likeness (QED) is 0.852. The molecule has 0 atom stereocenters. The van der Waals surface area contributed by atoms with Crippen LogP contribution in [0.1, 0.15) is 16.9 Å². The molecule has 1 aromatic heterocycles. The molecule has 4 heteroatoms. The monoisotopic (exact) mass is 247 g/mol. The average Bonchev–Trinajstić information content (AvgIpc) is 2.87. The van der Waals surface area contributed by atoms with Crippen molar-refractivity contribution < 1.29 is 13.9 Å². The molecule has 0 fully saturated rings. The second-order valence-corrected chi connectivity index (χ2v) is 3.97. The van der Waals surface area contributed by atoms with Crippen molar-refractivity contribution in [1.82, 2.24) is 0 Å². The van der Waals surface area contributed by atoms with Crippen LogP contribution in [-0.4, -0.2) is 7.11 Å². The Hall–Kier alpha value is -1.78. The lowest BCUT2D eigenvalue weighted by Crippen LogP contribution is -1.94. The lowest BCUT2D eigenvalue weighted by molar-refractivity contribution is 0.0929. The van der Waals surface area contributed by atoms with Crippen molar-refractivity contribution in [2.75, 3.05) is 7.11 Å². The molecule has 0 radical (unpaired) electrons. The number of furan rings is 1. The molecule has 0 aliphatic heterocycles. The second kappa shape index (κ2) is 6.23. The highest BCUT2D eigenvalue weighted by Crippen LogP contribution is 2.13. The smallest absolute Gasteiger partial charge is 0.129 e. The van der Waals surface area contributed by atoms with Gasteiger partial charge in [-0.15, -0.1) is 0 Å². The molecule has 0 unspecified atom stereocenters. The lowest BCUT2D eigenvalue weighted by atomic mass is 10.2. The Bertz CT molecular complexity index is 476. The van der Waals surface area contributed by atoms with E-state index in [1.165, 1.54) is 0 Å². The van der Waals surface area contributed by atoms with Crippen molar-refractivity contribution in [2.45, 2.75) is 19.8 Å². The molecular weight excluding hydrogens is 230 g/mol. The number of nitrogens with two attached hydrogens (primary N) is 1. The highest BCUT2D eigenvalue weighted by Gasteiger charge is 2.01. The number of hydrogen-bond donors (Lipinski definition) is 1. The summed E-state index contributed by atoms with van der Waals surface area (Å²) in [5, 5.41) is 0. The normalized spacial score (nSPS) is 10.6. The van der Waals surface area contributed by atoms with E-state index in [9.17, 15) is 0 Å². The van der Waals surface area contributed by atoms with Crippen LogP contribution in [0.4, 0.5) is 0 Å². The fourth-order valence-corrected chi connectivity index (χ4v) is 1.60. The van der Waals surface area contributed by atoms with Crippen LogP contribution >= 0.6 is 0 Å². The van der Waals surface area contributed by atoms with Gasteiger partial charge in [-0.25, -0.2) is 0 Å². The van der Waals surface area contributed by atoms with Gasteiger partial charge in [-0.1, -0.05) is 12.1 Å². The first-order valence-corrected chi connectivity index (χ1v) is 5.79. The van der Waals surface area contributed by atoms with Crippen molar-refractivity contribution in [1.29, 1.82) is 0 Å². The van der Waals surface area contributed by atoms with E-state index in [2.05, 4.69) is 0 Å². The summed E-state index contributed by atoms with van der Waals surface area (Å²) in [5.41, 5.74) is 7.58. The van der Waals surface area contributed by atoms with E-state index in [0.717, 1.165) is 22.6 Å². The van der Waals surface area contributed by atoms with Crippen LogP contribution in [0, 0.1) is 0 Å². The van der Waals surface area contributed by atoms with Crippen LogP contribution in [0.3, 0.4) is 0 Å². The van der Waals surface area contributed by atoms with Crippen LogP contribution in [0.25, 0.3) is 0 Å². The molecule has 96 valence electrons. The largest absolute Gasteiger partial charge is 0.497 e. The summed E-state index contributed by atoms with van der Waals surface area (Å²) in [6.45, 7) is 1.48. The van der Waals surface area contributed by atoms with E-state index >= 15 is 0 Å². The highest BCUT2D eigenvalue weighted by atomic mass is 16.5. The molecular formula is C14H17NO3. The first-order valence-electron chi connectivity index (χ1n) is 5.79. The summed E-state index contributed by atoms with van der Waals surface area (Å²) in [6, 6.07) is 9.70. The predicted octanol–water partition coefficient (Wildman–Crippen LogP) is 2.46. The number of benzene rings is 1. The molecule has 18 heavy (non-hydrogen) atoms. The van der Waals surface area contributed by atoms with Gasteiger partial charge in [0.25, 0.3) is 0 Å². The Morgan fingerprint density at radius 1 is 1.11 bits per heavy atom. The summed E-state index contributed by atoms with van der Waals surface area (Å²) >= 11 is 0. The fourth-order valence-electron chi connectivity index (χ4n) is 1.60. The average molecular weight is 247 g/mol. The van der Waals surface area contributed by atoms with E-state index in [-0.39, 0.29) is 0 Å². The van der Waals surface area contributed by atoms with Crippen LogP contribution in [-0.2, 0) is 24.5 Å². The minimum Gasteiger partial charge on any atom is -0.497 e. The van der Waals surface area contributed by atoms with E-state index in [1.54, 1.807) is 13.4 Å². The zero-order valence-corrected chi connectivity index (χ0v) is 10.4. The molecule has 1 heterocycles. The van der Waals surface area contributed by atoms with Crippen molar-refractivity contribution >= 4 is 0 Å². The van der Waals surface area contributed by atoms with Gasteiger partial charge in [0.2, 0.25) is 0 Å². The van der Waals surface area contributed by atoms with Crippen molar-refractivity contribution in [3.63, 3.8) is 0 Å². The Balaban J connectivity index is 1.80. The van der Waals surface area contributed by atoms with Gasteiger partial charge in [0.15, 0.2) is 0 Å². The third kappa shape index (κ3) is 3.35. The Morgan fingerprint density at radius 3 is 2.50 bits per heavy atom. The van der Waals surface area contributed by atoms with Gasteiger partial charge in [0.05, 0.1) is 20.0 Å². The van der Waals surface area contributed by atoms with Crippen molar-refractivity contribution in [3.8, 4) is 5.75 Å². The third-order valence-electron chi connectivity index (χ3n) is 2.62. The van der Waals surface area contributed by atoms with E-state index in [0.29, 0.717) is 19.8 Å². The fraction of sp³-hybridized carbons (Fsp3) is 0.286.